The van der Waals surface area contributed by atoms with E-state index in [1.54, 1.807) is 7.11 Å². The van der Waals surface area contributed by atoms with Gasteiger partial charge in [-0.05, 0) is 28.1 Å². The topological polar surface area (TPSA) is 30.5 Å². The van der Waals surface area contributed by atoms with Gasteiger partial charge in [0.25, 0.3) is 0 Å². The summed E-state index contributed by atoms with van der Waals surface area (Å²) in [5.41, 5.74) is 3.87. The van der Waals surface area contributed by atoms with Crippen LogP contribution >= 0.6 is 27.5 Å². The van der Waals surface area contributed by atoms with Gasteiger partial charge in [-0.3, -0.25) is 0 Å². The molecule has 0 amide bonds. The zero-order chi connectivity index (χ0) is 10.1. The summed E-state index contributed by atoms with van der Waals surface area (Å²) in [5.74, 6) is 0.837. The molecule has 0 spiro atoms. The summed E-state index contributed by atoms with van der Waals surface area (Å²) in [5, 5.41) is 0.684. The van der Waals surface area contributed by atoms with Gasteiger partial charge in [0.15, 0.2) is 0 Å². The molecule has 76 valence electrons. The standard InChI is InChI=1S/C9H9BrClNO2/c1-13-12-8-4-14-9-6(8)2-5(11)3-7(9)10/h2-3,8,12H,4H2,1H3. The summed E-state index contributed by atoms with van der Waals surface area (Å²) in [6.45, 7) is 0.558. The lowest BCUT2D eigenvalue weighted by Crippen LogP contribution is -2.20. The van der Waals surface area contributed by atoms with Gasteiger partial charge in [-0.1, -0.05) is 11.6 Å². The third-order valence-electron chi connectivity index (χ3n) is 2.07. The van der Waals surface area contributed by atoms with Crippen molar-refractivity contribution in [3.05, 3.63) is 27.2 Å². The zero-order valence-corrected chi connectivity index (χ0v) is 9.85. The monoisotopic (exact) mass is 277 g/mol. The third kappa shape index (κ3) is 1.75. The largest absolute Gasteiger partial charge is 0.490 e. The first kappa shape index (κ1) is 10.2. The van der Waals surface area contributed by atoms with Gasteiger partial charge in [0, 0.05) is 10.6 Å². The SMILES string of the molecule is CONC1COc2c(Br)cc(Cl)cc21. The number of rotatable bonds is 2. The van der Waals surface area contributed by atoms with Crippen LogP contribution < -0.4 is 10.2 Å². The van der Waals surface area contributed by atoms with E-state index >= 15 is 0 Å². The van der Waals surface area contributed by atoms with E-state index in [1.165, 1.54) is 0 Å². The van der Waals surface area contributed by atoms with Gasteiger partial charge in [0.05, 0.1) is 17.6 Å². The second-order valence-electron chi connectivity index (χ2n) is 2.99. The van der Waals surface area contributed by atoms with E-state index in [0.29, 0.717) is 11.6 Å². The molecule has 0 fully saturated rings. The molecule has 2 rings (SSSR count). The number of hydroxylamine groups is 1. The minimum atomic E-state index is 0.0463. The highest BCUT2D eigenvalue weighted by Crippen LogP contribution is 2.40. The maximum absolute atomic E-state index is 5.94. The van der Waals surface area contributed by atoms with E-state index in [-0.39, 0.29) is 6.04 Å². The van der Waals surface area contributed by atoms with Crippen molar-refractivity contribution in [2.75, 3.05) is 13.7 Å². The van der Waals surface area contributed by atoms with Gasteiger partial charge in [-0.25, -0.2) is 0 Å². The maximum Gasteiger partial charge on any atom is 0.138 e. The van der Waals surface area contributed by atoms with Crippen LogP contribution in [0.15, 0.2) is 16.6 Å². The highest BCUT2D eigenvalue weighted by Gasteiger charge is 2.26. The van der Waals surface area contributed by atoms with Crippen molar-refractivity contribution in [2.45, 2.75) is 6.04 Å². The lowest BCUT2D eigenvalue weighted by Gasteiger charge is -2.08. The van der Waals surface area contributed by atoms with Gasteiger partial charge >= 0.3 is 0 Å². The van der Waals surface area contributed by atoms with E-state index in [9.17, 15) is 0 Å². The van der Waals surface area contributed by atoms with Crippen LogP contribution in [-0.4, -0.2) is 13.7 Å². The molecule has 1 atom stereocenters. The molecule has 1 unspecified atom stereocenters. The van der Waals surface area contributed by atoms with Crippen LogP contribution in [-0.2, 0) is 4.84 Å². The first-order valence-corrected chi connectivity index (χ1v) is 5.29. The molecule has 0 bridgehead atoms. The molecule has 0 aromatic heterocycles. The van der Waals surface area contributed by atoms with Crippen molar-refractivity contribution in [3.8, 4) is 5.75 Å². The Morgan fingerprint density at radius 3 is 3.14 bits per heavy atom. The van der Waals surface area contributed by atoms with Gasteiger partial charge in [-0.15, -0.1) is 0 Å². The average Bonchev–Trinajstić information content (AvgIpc) is 2.49. The molecule has 1 aliphatic heterocycles. The lowest BCUT2D eigenvalue weighted by molar-refractivity contribution is 0.0536. The minimum absolute atomic E-state index is 0.0463. The molecule has 14 heavy (non-hydrogen) atoms. The molecule has 0 saturated heterocycles. The van der Waals surface area contributed by atoms with Crippen LogP contribution in [0.5, 0.6) is 5.75 Å². The third-order valence-corrected chi connectivity index (χ3v) is 2.87. The fourth-order valence-corrected chi connectivity index (χ4v) is 2.44. The molecule has 1 aliphatic rings. The Kier molecular flexibility index (Phi) is 2.97. The molecule has 1 aromatic rings. The predicted octanol–water partition coefficient (Wildman–Crippen LogP) is 2.69. The van der Waals surface area contributed by atoms with E-state index in [1.807, 2.05) is 12.1 Å². The fraction of sp³-hybridized carbons (Fsp3) is 0.333. The Bertz CT molecular complexity index is 359. The number of benzene rings is 1. The van der Waals surface area contributed by atoms with E-state index in [4.69, 9.17) is 21.2 Å². The molecule has 5 heteroatoms. The first-order chi connectivity index (χ1) is 6.72. The molecule has 3 nitrogen and oxygen atoms in total. The van der Waals surface area contributed by atoms with Crippen molar-refractivity contribution < 1.29 is 9.57 Å². The summed E-state index contributed by atoms with van der Waals surface area (Å²) in [6, 6.07) is 3.74. The van der Waals surface area contributed by atoms with Crippen LogP contribution in [0.3, 0.4) is 0 Å². The van der Waals surface area contributed by atoms with Gasteiger partial charge < -0.3 is 9.57 Å². The summed E-state index contributed by atoms with van der Waals surface area (Å²) < 4.78 is 6.38. The van der Waals surface area contributed by atoms with Crippen molar-refractivity contribution in [2.24, 2.45) is 0 Å². The number of fused-ring (bicyclic) bond motifs is 1. The first-order valence-electron chi connectivity index (χ1n) is 4.12. The normalized spacial score (nSPS) is 19.2. The quantitative estimate of drug-likeness (QED) is 0.844. The Morgan fingerprint density at radius 1 is 1.64 bits per heavy atom. The second kappa shape index (κ2) is 4.06. The molecule has 0 saturated carbocycles. The molecular formula is C9H9BrClNO2. The maximum atomic E-state index is 5.94. The van der Waals surface area contributed by atoms with Crippen LogP contribution in [0.1, 0.15) is 11.6 Å². The summed E-state index contributed by atoms with van der Waals surface area (Å²) in [6.07, 6.45) is 0. The molecule has 0 aliphatic carbocycles. The number of ether oxygens (including phenoxy) is 1. The Morgan fingerprint density at radius 2 is 2.43 bits per heavy atom. The highest BCUT2D eigenvalue weighted by atomic mass is 79.9. The lowest BCUT2D eigenvalue weighted by atomic mass is 10.1. The Labute approximate surface area is 95.4 Å². The smallest absolute Gasteiger partial charge is 0.138 e. The molecular weight excluding hydrogens is 269 g/mol. The van der Waals surface area contributed by atoms with Gasteiger partial charge in [-0.2, -0.15) is 5.48 Å². The van der Waals surface area contributed by atoms with Crippen LogP contribution in [0.4, 0.5) is 0 Å². The van der Waals surface area contributed by atoms with Crippen molar-refractivity contribution in [1.29, 1.82) is 0 Å². The molecule has 0 radical (unpaired) electrons. The zero-order valence-electron chi connectivity index (χ0n) is 7.51. The Balaban J connectivity index is 2.38. The number of hydrogen-bond donors (Lipinski definition) is 1. The van der Waals surface area contributed by atoms with Crippen LogP contribution in [0.25, 0.3) is 0 Å². The summed E-state index contributed by atoms with van der Waals surface area (Å²) in [4.78, 5) is 4.87. The fourth-order valence-electron chi connectivity index (χ4n) is 1.49. The average molecular weight is 279 g/mol. The highest BCUT2D eigenvalue weighted by molar-refractivity contribution is 9.10. The Hall–Kier alpha value is -0.290. The molecule has 1 heterocycles. The number of halogens is 2. The van der Waals surface area contributed by atoms with Crippen molar-refractivity contribution in [3.63, 3.8) is 0 Å². The predicted molar refractivity (Wildman–Crippen MR) is 57.5 cm³/mol. The summed E-state index contributed by atoms with van der Waals surface area (Å²) >= 11 is 9.34. The molecule has 1 N–H and O–H groups in total. The van der Waals surface area contributed by atoms with Crippen molar-refractivity contribution >= 4 is 27.5 Å². The minimum Gasteiger partial charge on any atom is -0.490 e. The van der Waals surface area contributed by atoms with E-state index in [0.717, 1.165) is 15.8 Å². The number of hydrogen-bond acceptors (Lipinski definition) is 3. The van der Waals surface area contributed by atoms with Gasteiger partial charge in [0.2, 0.25) is 0 Å². The second-order valence-corrected chi connectivity index (χ2v) is 4.28. The van der Waals surface area contributed by atoms with E-state index < -0.39 is 0 Å². The van der Waals surface area contributed by atoms with Crippen LogP contribution in [0, 0.1) is 0 Å². The summed E-state index contributed by atoms with van der Waals surface area (Å²) in [7, 11) is 1.58. The molecule has 1 aromatic carbocycles. The van der Waals surface area contributed by atoms with Crippen molar-refractivity contribution in [1.82, 2.24) is 5.48 Å². The number of nitrogens with one attached hydrogen (secondary N) is 1. The van der Waals surface area contributed by atoms with Crippen LogP contribution in [0.2, 0.25) is 5.02 Å². The van der Waals surface area contributed by atoms with E-state index in [2.05, 4.69) is 21.4 Å². The van der Waals surface area contributed by atoms with Gasteiger partial charge in [0.1, 0.15) is 12.4 Å².